The van der Waals surface area contributed by atoms with Gasteiger partial charge in [-0.1, -0.05) is 71.7 Å². The van der Waals surface area contributed by atoms with Gasteiger partial charge in [0, 0.05) is 22.6 Å². The molecule has 0 aliphatic heterocycles. The number of sulfonamides is 2. The SMILES string of the molecule is CC(CNC(=O)CN(c1cccc(Cl)c1)S(=O)(=O)c1ccccc1)NC(=O)CN(c1cccc(Cl)c1)S(=O)(=O)c1ccccc1. The fourth-order valence-electron chi connectivity index (χ4n) is 4.29. The molecule has 1 atom stereocenters. The summed E-state index contributed by atoms with van der Waals surface area (Å²) < 4.78 is 55.8. The first kappa shape index (κ1) is 33.8. The Morgan fingerprint density at radius 1 is 0.644 bits per heavy atom. The molecule has 0 spiro atoms. The van der Waals surface area contributed by atoms with E-state index in [4.69, 9.17) is 23.2 Å². The third kappa shape index (κ3) is 8.76. The van der Waals surface area contributed by atoms with Gasteiger partial charge in [0.05, 0.1) is 21.2 Å². The maximum atomic E-state index is 13.5. The van der Waals surface area contributed by atoms with Crippen molar-refractivity contribution in [3.63, 3.8) is 0 Å². The number of rotatable bonds is 13. The van der Waals surface area contributed by atoms with E-state index in [0.29, 0.717) is 10.0 Å². The summed E-state index contributed by atoms with van der Waals surface area (Å²) in [5.74, 6) is -1.27. The molecule has 0 radical (unpaired) electrons. The zero-order valence-corrected chi connectivity index (χ0v) is 27.2. The fourth-order valence-corrected chi connectivity index (χ4v) is 7.52. The number of amides is 2. The van der Waals surface area contributed by atoms with Crippen molar-refractivity contribution >= 4 is 66.4 Å². The Morgan fingerprint density at radius 2 is 1.07 bits per heavy atom. The minimum absolute atomic E-state index is 0.00637. The van der Waals surface area contributed by atoms with Crippen LogP contribution in [0.5, 0.6) is 0 Å². The highest BCUT2D eigenvalue weighted by Crippen LogP contribution is 2.27. The summed E-state index contributed by atoms with van der Waals surface area (Å²) in [5, 5.41) is 5.89. The number of hydrogen-bond acceptors (Lipinski definition) is 6. The monoisotopic (exact) mass is 688 g/mol. The number of benzene rings is 4. The van der Waals surface area contributed by atoms with Gasteiger partial charge < -0.3 is 10.6 Å². The molecular weight excluding hydrogens is 659 g/mol. The van der Waals surface area contributed by atoms with Gasteiger partial charge >= 0.3 is 0 Å². The predicted molar refractivity (Wildman–Crippen MR) is 175 cm³/mol. The van der Waals surface area contributed by atoms with E-state index in [1.165, 1.54) is 48.5 Å². The van der Waals surface area contributed by atoms with Gasteiger partial charge in [0.15, 0.2) is 0 Å². The molecule has 0 saturated heterocycles. The molecule has 2 amide bonds. The molecule has 45 heavy (non-hydrogen) atoms. The number of carbonyl (C=O) groups is 2. The largest absolute Gasteiger partial charge is 0.352 e. The lowest BCUT2D eigenvalue weighted by Gasteiger charge is -2.26. The number of halogens is 2. The van der Waals surface area contributed by atoms with Crippen LogP contribution in [-0.2, 0) is 29.6 Å². The van der Waals surface area contributed by atoms with Gasteiger partial charge in [0.25, 0.3) is 20.0 Å². The molecule has 2 N–H and O–H groups in total. The van der Waals surface area contributed by atoms with Crippen LogP contribution in [0.4, 0.5) is 11.4 Å². The van der Waals surface area contributed by atoms with E-state index in [1.54, 1.807) is 67.6 Å². The average molecular weight is 690 g/mol. The normalized spacial score (nSPS) is 12.2. The second kappa shape index (κ2) is 14.8. The lowest BCUT2D eigenvalue weighted by atomic mass is 10.3. The summed E-state index contributed by atoms with van der Waals surface area (Å²) in [4.78, 5) is 26.1. The molecule has 4 aromatic carbocycles. The standard InChI is InChI=1S/C31H30Cl2N4O6S2/c1-23(35-31(39)22-37(27-13-9-11-25(33)19-27)45(42,43)29-16-6-3-7-17-29)20-34-30(38)21-36(26-12-8-10-24(32)18-26)44(40,41)28-14-4-2-5-15-28/h2-19,23H,20-22H2,1H3,(H,34,38)(H,35,39). The second-order valence-electron chi connectivity index (χ2n) is 9.88. The molecule has 0 bridgehead atoms. The molecule has 4 rings (SSSR count). The Kier molecular flexibility index (Phi) is 11.1. The lowest BCUT2D eigenvalue weighted by Crippen LogP contribution is -2.48. The third-order valence-corrected chi connectivity index (χ3v) is 10.5. The minimum Gasteiger partial charge on any atom is -0.352 e. The van der Waals surface area contributed by atoms with Crippen LogP contribution in [0, 0.1) is 0 Å². The molecule has 0 aliphatic carbocycles. The van der Waals surface area contributed by atoms with Gasteiger partial charge in [-0.25, -0.2) is 16.8 Å². The Balaban J connectivity index is 1.44. The summed E-state index contributed by atoms with van der Waals surface area (Å²) in [7, 11) is -8.27. The molecule has 0 aromatic heterocycles. The van der Waals surface area contributed by atoms with Crippen molar-refractivity contribution in [2.24, 2.45) is 0 Å². The van der Waals surface area contributed by atoms with E-state index in [1.807, 2.05) is 0 Å². The van der Waals surface area contributed by atoms with Crippen molar-refractivity contribution in [3.8, 4) is 0 Å². The van der Waals surface area contributed by atoms with Gasteiger partial charge in [-0.15, -0.1) is 0 Å². The number of nitrogens with one attached hydrogen (secondary N) is 2. The first-order valence-electron chi connectivity index (χ1n) is 13.6. The Bertz CT molecular complexity index is 1860. The van der Waals surface area contributed by atoms with Crippen LogP contribution in [0.1, 0.15) is 6.92 Å². The van der Waals surface area contributed by atoms with Crippen LogP contribution >= 0.6 is 23.2 Å². The van der Waals surface area contributed by atoms with Gasteiger partial charge in [0.1, 0.15) is 13.1 Å². The molecular formula is C31H30Cl2N4O6S2. The quantitative estimate of drug-likeness (QED) is 0.209. The smallest absolute Gasteiger partial charge is 0.264 e. The summed E-state index contributed by atoms with van der Waals surface area (Å²) in [6.45, 7) is 0.425. The van der Waals surface area contributed by atoms with Crippen molar-refractivity contribution in [1.82, 2.24) is 10.6 Å². The van der Waals surface area contributed by atoms with Crippen molar-refractivity contribution in [1.29, 1.82) is 0 Å². The molecule has 0 fully saturated rings. The molecule has 0 heterocycles. The van der Waals surface area contributed by atoms with Crippen molar-refractivity contribution in [3.05, 3.63) is 119 Å². The van der Waals surface area contributed by atoms with E-state index < -0.39 is 51.0 Å². The van der Waals surface area contributed by atoms with E-state index in [9.17, 15) is 26.4 Å². The van der Waals surface area contributed by atoms with Crippen molar-refractivity contribution in [2.75, 3.05) is 28.2 Å². The van der Waals surface area contributed by atoms with Crippen LogP contribution in [0.3, 0.4) is 0 Å². The zero-order valence-electron chi connectivity index (χ0n) is 24.0. The number of hydrogen-bond donors (Lipinski definition) is 2. The molecule has 0 aliphatic rings. The third-order valence-electron chi connectivity index (χ3n) is 6.44. The van der Waals surface area contributed by atoms with Crippen LogP contribution in [0.2, 0.25) is 10.0 Å². The maximum Gasteiger partial charge on any atom is 0.264 e. The molecule has 14 heteroatoms. The number of carbonyl (C=O) groups excluding carboxylic acids is 2. The van der Waals surface area contributed by atoms with Gasteiger partial charge in [0.2, 0.25) is 11.8 Å². The number of anilines is 2. The zero-order chi connectivity index (χ0) is 32.6. The lowest BCUT2D eigenvalue weighted by molar-refractivity contribution is -0.122. The summed E-state index contributed by atoms with van der Waals surface area (Å²) in [6, 6.07) is 27.0. The Labute approximate surface area is 272 Å². The maximum absolute atomic E-state index is 13.5. The summed E-state index contributed by atoms with van der Waals surface area (Å²) in [5.41, 5.74) is 0.395. The van der Waals surface area contributed by atoms with Gasteiger partial charge in [-0.05, 0) is 67.6 Å². The van der Waals surface area contributed by atoms with E-state index in [0.717, 1.165) is 8.61 Å². The molecule has 4 aromatic rings. The van der Waals surface area contributed by atoms with E-state index in [2.05, 4.69) is 10.6 Å². The topological polar surface area (TPSA) is 133 Å². The highest BCUT2D eigenvalue weighted by Gasteiger charge is 2.29. The Morgan fingerprint density at radius 3 is 1.49 bits per heavy atom. The van der Waals surface area contributed by atoms with E-state index >= 15 is 0 Å². The van der Waals surface area contributed by atoms with E-state index in [-0.39, 0.29) is 27.7 Å². The predicted octanol–water partition coefficient (Wildman–Crippen LogP) is 4.71. The van der Waals surface area contributed by atoms with Crippen molar-refractivity contribution < 1.29 is 26.4 Å². The van der Waals surface area contributed by atoms with Crippen LogP contribution in [0.25, 0.3) is 0 Å². The van der Waals surface area contributed by atoms with Crippen LogP contribution in [-0.4, -0.2) is 54.3 Å². The second-order valence-corrected chi connectivity index (χ2v) is 14.5. The number of nitrogens with zero attached hydrogens (tertiary/aromatic N) is 2. The fraction of sp³-hybridized carbons (Fsp3) is 0.161. The van der Waals surface area contributed by atoms with Gasteiger partial charge in [-0.2, -0.15) is 0 Å². The molecule has 0 saturated carbocycles. The highest BCUT2D eigenvalue weighted by atomic mass is 35.5. The molecule has 1 unspecified atom stereocenters. The first-order valence-corrected chi connectivity index (χ1v) is 17.2. The minimum atomic E-state index is -4.14. The van der Waals surface area contributed by atoms with Gasteiger partial charge in [-0.3, -0.25) is 18.2 Å². The first-order chi connectivity index (χ1) is 21.4. The Hall–Kier alpha value is -4.10. The molecule has 236 valence electrons. The summed E-state index contributed by atoms with van der Waals surface area (Å²) >= 11 is 12.2. The average Bonchev–Trinajstić information content (AvgIpc) is 3.02. The summed E-state index contributed by atoms with van der Waals surface area (Å²) in [6.07, 6.45) is 0. The van der Waals surface area contributed by atoms with Crippen molar-refractivity contribution in [2.45, 2.75) is 22.8 Å². The highest BCUT2D eigenvalue weighted by molar-refractivity contribution is 7.93. The van der Waals surface area contributed by atoms with Crippen LogP contribution in [0.15, 0.2) is 119 Å². The van der Waals surface area contributed by atoms with Crippen LogP contribution < -0.4 is 19.2 Å². The molecule has 10 nitrogen and oxygen atoms in total.